The molecule has 0 aromatic carbocycles. The average Bonchev–Trinajstić information content (AvgIpc) is 2.30. The highest BCUT2D eigenvalue weighted by Crippen LogP contribution is 2.21. The van der Waals surface area contributed by atoms with Crippen LogP contribution in [0.5, 0.6) is 0 Å². The lowest BCUT2D eigenvalue weighted by molar-refractivity contribution is -0.148. The van der Waals surface area contributed by atoms with Gasteiger partial charge in [0.1, 0.15) is 6.61 Å². The van der Waals surface area contributed by atoms with E-state index in [4.69, 9.17) is 9.47 Å². The minimum atomic E-state index is -0.112. The lowest BCUT2D eigenvalue weighted by Crippen LogP contribution is -2.32. The van der Waals surface area contributed by atoms with E-state index >= 15 is 0 Å². The smallest absolute Gasteiger partial charge is 0.171 e. The number of rotatable bonds is 5. The van der Waals surface area contributed by atoms with Crippen LogP contribution < -0.4 is 0 Å². The number of ether oxygens (including phenoxy) is 2. The second kappa shape index (κ2) is 9.04. The van der Waals surface area contributed by atoms with Crippen LogP contribution in [0.25, 0.3) is 0 Å². The van der Waals surface area contributed by atoms with E-state index in [-0.39, 0.29) is 6.29 Å². The predicted octanol–water partition coefficient (Wildman–Crippen LogP) is 3.49. The molecule has 2 nitrogen and oxygen atoms in total. The maximum Gasteiger partial charge on any atom is 0.171 e. The Balaban J connectivity index is 2.04. The van der Waals surface area contributed by atoms with Gasteiger partial charge in [0.15, 0.2) is 6.29 Å². The first-order valence-electron chi connectivity index (χ1n) is 6.17. The van der Waals surface area contributed by atoms with Crippen molar-refractivity contribution in [2.45, 2.75) is 56.6 Å². The van der Waals surface area contributed by atoms with Crippen molar-refractivity contribution in [1.82, 2.24) is 0 Å². The Morgan fingerprint density at radius 1 is 1.38 bits per heavy atom. The molecule has 2 unspecified atom stereocenters. The van der Waals surface area contributed by atoms with Crippen LogP contribution in [0.2, 0.25) is 0 Å². The van der Waals surface area contributed by atoms with Crippen molar-refractivity contribution in [3.8, 4) is 11.8 Å². The van der Waals surface area contributed by atoms with Gasteiger partial charge < -0.3 is 9.47 Å². The second-order valence-electron chi connectivity index (χ2n) is 4.02. The van der Waals surface area contributed by atoms with Crippen LogP contribution in [-0.2, 0) is 9.47 Å². The van der Waals surface area contributed by atoms with Gasteiger partial charge in [-0.25, -0.2) is 0 Å². The van der Waals surface area contributed by atoms with Crippen molar-refractivity contribution in [2.75, 3.05) is 13.2 Å². The molecule has 0 amide bonds. The van der Waals surface area contributed by atoms with Crippen LogP contribution in [0.3, 0.4) is 0 Å². The van der Waals surface area contributed by atoms with E-state index in [2.05, 4.69) is 34.7 Å². The molecular formula is C13H21BrO2. The molecule has 0 saturated carbocycles. The number of halogens is 1. The van der Waals surface area contributed by atoms with Crippen molar-refractivity contribution < 1.29 is 9.47 Å². The summed E-state index contributed by atoms with van der Waals surface area (Å²) in [6, 6.07) is 0. The molecule has 3 heteroatoms. The number of hydrogen-bond acceptors (Lipinski definition) is 2. The predicted molar refractivity (Wildman–Crippen MR) is 69.6 cm³/mol. The first kappa shape index (κ1) is 14.0. The van der Waals surface area contributed by atoms with Gasteiger partial charge in [0.25, 0.3) is 0 Å². The standard InChI is InChI=1S/C13H21BrO2/c1-2-3-4-5-6-7-10-15-13-12(14)9-8-11-16-13/h12-13H,2-5,8-11H2,1H3. The van der Waals surface area contributed by atoms with Gasteiger partial charge in [0.2, 0.25) is 0 Å². The van der Waals surface area contributed by atoms with Crippen molar-refractivity contribution in [3.05, 3.63) is 0 Å². The van der Waals surface area contributed by atoms with E-state index in [1.165, 1.54) is 19.3 Å². The summed E-state index contributed by atoms with van der Waals surface area (Å²) in [7, 11) is 0. The molecule has 92 valence electrons. The van der Waals surface area contributed by atoms with Crippen molar-refractivity contribution in [3.63, 3.8) is 0 Å². The molecule has 1 heterocycles. The molecule has 1 rings (SSSR count). The maximum atomic E-state index is 5.56. The van der Waals surface area contributed by atoms with Gasteiger partial charge in [-0.2, -0.15) is 0 Å². The van der Waals surface area contributed by atoms with Gasteiger partial charge in [0, 0.05) is 13.0 Å². The summed E-state index contributed by atoms with van der Waals surface area (Å²) >= 11 is 3.56. The fraction of sp³-hybridized carbons (Fsp3) is 0.846. The molecular weight excluding hydrogens is 268 g/mol. The summed E-state index contributed by atoms with van der Waals surface area (Å²) in [5.74, 6) is 6.17. The topological polar surface area (TPSA) is 18.5 Å². The van der Waals surface area contributed by atoms with Gasteiger partial charge in [-0.05, 0) is 19.3 Å². The van der Waals surface area contributed by atoms with Crippen molar-refractivity contribution >= 4 is 15.9 Å². The minimum Gasteiger partial charge on any atom is -0.351 e. The Kier molecular flexibility index (Phi) is 7.92. The first-order chi connectivity index (χ1) is 7.84. The maximum absolute atomic E-state index is 5.56. The fourth-order valence-electron chi connectivity index (χ4n) is 1.60. The Morgan fingerprint density at radius 3 is 3.00 bits per heavy atom. The second-order valence-corrected chi connectivity index (χ2v) is 5.20. The monoisotopic (exact) mass is 288 g/mol. The first-order valence-corrected chi connectivity index (χ1v) is 7.09. The molecule has 0 spiro atoms. The molecule has 1 fully saturated rings. The van der Waals surface area contributed by atoms with E-state index in [1.807, 2.05) is 0 Å². The quantitative estimate of drug-likeness (QED) is 0.438. The molecule has 1 saturated heterocycles. The third-order valence-electron chi connectivity index (χ3n) is 2.55. The van der Waals surface area contributed by atoms with E-state index in [9.17, 15) is 0 Å². The highest BCUT2D eigenvalue weighted by atomic mass is 79.9. The van der Waals surface area contributed by atoms with Gasteiger partial charge >= 0.3 is 0 Å². The van der Waals surface area contributed by atoms with E-state index in [0.717, 1.165) is 25.9 Å². The van der Waals surface area contributed by atoms with E-state index < -0.39 is 0 Å². The zero-order valence-corrected chi connectivity index (χ0v) is 11.6. The Hall–Kier alpha value is -0.0400. The third-order valence-corrected chi connectivity index (χ3v) is 3.44. The molecule has 2 atom stereocenters. The molecule has 1 aliphatic rings. The summed E-state index contributed by atoms with van der Waals surface area (Å²) in [4.78, 5) is 0.322. The Morgan fingerprint density at radius 2 is 2.25 bits per heavy atom. The number of alkyl halides is 1. The summed E-state index contributed by atoms with van der Waals surface area (Å²) < 4.78 is 11.1. The summed E-state index contributed by atoms with van der Waals surface area (Å²) in [6.45, 7) is 3.49. The van der Waals surface area contributed by atoms with E-state index in [0.29, 0.717) is 11.4 Å². The summed E-state index contributed by atoms with van der Waals surface area (Å²) in [5, 5.41) is 0. The van der Waals surface area contributed by atoms with Crippen LogP contribution >= 0.6 is 15.9 Å². The molecule has 0 aliphatic carbocycles. The fourth-order valence-corrected chi connectivity index (χ4v) is 2.23. The van der Waals surface area contributed by atoms with Crippen molar-refractivity contribution in [2.24, 2.45) is 0 Å². The highest BCUT2D eigenvalue weighted by molar-refractivity contribution is 9.09. The Bertz CT molecular complexity index is 232. The van der Waals surface area contributed by atoms with Crippen LogP contribution in [0.15, 0.2) is 0 Å². The van der Waals surface area contributed by atoms with Gasteiger partial charge in [-0.3, -0.25) is 0 Å². The van der Waals surface area contributed by atoms with E-state index in [1.54, 1.807) is 0 Å². The lowest BCUT2D eigenvalue weighted by Gasteiger charge is -2.26. The number of unbranched alkanes of at least 4 members (excludes halogenated alkanes) is 3. The van der Waals surface area contributed by atoms with Crippen LogP contribution in [-0.4, -0.2) is 24.3 Å². The molecule has 1 aliphatic heterocycles. The summed E-state index contributed by atoms with van der Waals surface area (Å²) in [5.41, 5.74) is 0. The van der Waals surface area contributed by atoms with Crippen LogP contribution in [0.1, 0.15) is 45.4 Å². The average molecular weight is 289 g/mol. The lowest BCUT2D eigenvalue weighted by atomic mass is 10.2. The van der Waals surface area contributed by atoms with Gasteiger partial charge in [-0.15, -0.1) is 5.92 Å². The van der Waals surface area contributed by atoms with Crippen LogP contribution in [0, 0.1) is 11.8 Å². The van der Waals surface area contributed by atoms with Crippen LogP contribution in [0.4, 0.5) is 0 Å². The normalized spacial score (nSPS) is 24.9. The number of hydrogen-bond donors (Lipinski definition) is 0. The molecule has 16 heavy (non-hydrogen) atoms. The third kappa shape index (κ3) is 5.89. The van der Waals surface area contributed by atoms with Crippen molar-refractivity contribution in [1.29, 1.82) is 0 Å². The van der Waals surface area contributed by atoms with Gasteiger partial charge in [0.05, 0.1) is 4.83 Å². The van der Waals surface area contributed by atoms with Gasteiger partial charge in [-0.1, -0.05) is 41.6 Å². The summed E-state index contributed by atoms with van der Waals surface area (Å²) in [6.07, 6.45) is 6.82. The SMILES string of the molecule is CCCCCC#CCOC1OCCCC1Br. The molecule has 0 bridgehead atoms. The molecule has 0 aromatic rings. The molecule has 0 aromatic heterocycles. The zero-order valence-electron chi connectivity index (χ0n) is 10.0. The molecule has 0 radical (unpaired) electrons. The zero-order chi connectivity index (χ0) is 11.6. The highest BCUT2D eigenvalue weighted by Gasteiger charge is 2.23. The Labute approximate surface area is 107 Å². The minimum absolute atomic E-state index is 0.112. The molecule has 0 N–H and O–H groups in total. The largest absolute Gasteiger partial charge is 0.351 e.